The van der Waals surface area contributed by atoms with Crippen LogP contribution in [0.4, 0.5) is 0 Å². The smallest absolute Gasteiger partial charge is 0.281 e. The zero-order valence-electron chi connectivity index (χ0n) is 14.0. The highest BCUT2D eigenvalue weighted by Gasteiger charge is 2.37. The quantitative estimate of drug-likeness (QED) is 0.508. The molecule has 4 rings (SSSR count). The van der Waals surface area contributed by atoms with Crippen molar-refractivity contribution in [2.75, 3.05) is 26.3 Å². The zero-order valence-corrected chi connectivity index (χ0v) is 17.1. The van der Waals surface area contributed by atoms with Crippen LogP contribution in [0.5, 0.6) is 0 Å². The van der Waals surface area contributed by atoms with Crippen molar-refractivity contribution in [2.24, 2.45) is 0 Å². The number of hydrogen-bond acceptors (Lipinski definition) is 6. The van der Waals surface area contributed by atoms with Crippen molar-refractivity contribution in [3.8, 4) is 11.3 Å². The molecule has 0 bridgehead atoms. The lowest BCUT2D eigenvalue weighted by atomic mass is 10.2. The summed E-state index contributed by atoms with van der Waals surface area (Å²) >= 11 is 18.7. The summed E-state index contributed by atoms with van der Waals surface area (Å²) in [6.45, 7) is 2.45. The molecule has 0 unspecified atom stereocenters. The Bertz CT molecular complexity index is 938. The Morgan fingerprint density at radius 2 is 1.89 bits per heavy atom. The van der Waals surface area contributed by atoms with Crippen LogP contribution in [0.25, 0.3) is 17.4 Å². The molecule has 5 nitrogen and oxygen atoms in total. The minimum atomic E-state index is -0.139. The van der Waals surface area contributed by atoms with Gasteiger partial charge in [-0.05, 0) is 30.3 Å². The first-order chi connectivity index (χ1) is 13.0. The van der Waals surface area contributed by atoms with E-state index < -0.39 is 0 Å². The van der Waals surface area contributed by atoms with E-state index >= 15 is 0 Å². The van der Waals surface area contributed by atoms with E-state index in [1.54, 1.807) is 29.3 Å². The summed E-state index contributed by atoms with van der Waals surface area (Å²) in [5, 5.41) is 4.42. The number of nitrogens with zero attached hydrogens (tertiary/aromatic N) is 2. The number of thioether (sulfide) groups is 1. The first-order valence-corrected chi connectivity index (χ1v) is 10.2. The molecule has 0 saturated carbocycles. The number of ether oxygens (including phenoxy) is 1. The Labute approximate surface area is 175 Å². The number of carbonyl (C=O) groups is 1. The summed E-state index contributed by atoms with van der Waals surface area (Å²) in [6.07, 6.45) is 1.71. The summed E-state index contributed by atoms with van der Waals surface area (Å²) < 4.78 is 11.7. The van der Waals surface area contributed by atoms with E-state index in [4.69, 9.17) is 44.6 Å². The van der Waals surface area contributed by atoms with Gasteiger partial charge >= 0.3 is 0 Å². The second-order valence-electron chi connectivity index (χ2n) is 5.89. The number of amides is 1. The van der Waals surface area contributed by atoms with Gasteiger partial charge in [0.25, 0.3) is 5.91 Å². The maximum Gasteiger partial charge on any atom is 0.281 e. The molecule has 1 amide bonds. The van der Waals surface area contributed by atoms with Gasteiger partial charge < -0.3 is 9.15 Å². The number of benzene rings is 1. The molecular weight excluding hydrogens is 427 g/mol. The van der Waals surface area contributed by atoms with Gasteiger partial charge in [0, 0.05) is 24.7 Å². The van der Waals surface area contributed by atoms with Crippen molar-refractivity contribution < 1.29 is 13.9 Å². The topological polar surface area (TPSA) is 45.9 Å². The number of hydrazine groups is 1. The predicted octanol–water partition coefficient (Wildman–Crippen LogP) is 4.70. The normalized spacial score (nSPS) is 20.1. The van der Waals surface area contributed by atoms with Crippen molar-refractivity contribution in [1.29, 1.82) is 0 Å². The highest BCUT2D eigenvalue weighted by molar-refractivity contribution is 8.26. The molecule has 2 saturated heterocycles. The molecule has 140 valence electrons. The SMILES string of the molecule is O=C1/C(=C/c2ccc(-c3ccc(Cl)c(Cl)c3)o2)SC(=S)N1N1CCOCC1. The number of carbonyl (C=O) groups excluding carboxylic acids is 1. The zero-order chi connectivity index (χ0) is 19.0. The molecule has 2 fully saturated rings. The van der Waals surface area contributed by atoms with Crippen molar-refractivity contribution in [3.63, 3.8) is 0 Å². The average molecular weight is 441 g/mol. The van der Waals surface area contributed by atoms with Gasteiger partial charge in [0.05, 0.1) is 28.2 Å². The molecule has 0 N–H and O–H groups in total. The van der Waals surface area contributed by atoms with Gasteiger partial charge in [0.1, 0.15) is 11.5 Å². The number of furan rings is 1. The third-order valence-corrected chi connectivity index (χ3v) is 6.17. The lowest BCUT2D eigenvalue weighted by molar-refractivity contribution is -0.138. The van der Waals surface area contributed by atoms with E-state index in [-0.39, 0.29) is 5.91 Å². The Morgan fingerprint density at radius 1 is 1.11 bits per heavy atom. The largest absolute Gasteiger partial charge is 0.457 e. The van der Waals surface area contributed by atoms with Gasteiger partial charge in [-0.25, -0.2) is 10.0 Å². The summed E-state index contributed by atoms with van der Waals surface area (Å²) in [4.78, 5) is 13.3. The summed E-state index contributed by atoms with van der Waals surface area (Å²) in [6, 6.07) is 8.92. The van der Waals surface area contributed by atoms with Crippen molar-refractivity contribution >= 4 is 63.5 Å². The molecule has 1 aromatic carbocycles. The second kappa shape index (κ2) is 7.95. The Hall–Kier alpha value is -1.35. The minimum absolute atomic E-state index is 0.139. The van der Waals surface area contributed by atoms with Crippen LogP contribution in [0.2, 0.25) is 10.0 Å². The fraction of sp³-hybridized carbons (Fsp3) is 0.222. The van der Waals surface area contributed by atoms with E-state index in [9.17, 15) is 4.79 Å². The number of halogens is 2. The lowest BCUT2D eigenvalue weighted by Gasteiger charge is -2.33. The lowest BCUT2D eigenvalue weighted by Crippen LogP contribution is -2.50. The van der Waals surface area contributed by atoms with Crippen LogP contribution in [0.15, 0.2) is 39.7 Å². The molecule has 0 radical (unpaired) electrons. The van der Waals surface area contributed by atoms with E-state index in [1.807, 2.05) is 17.1 Å². The molecule has 1 aromatic heterocycles. The molecule has 27 heavy (non-hydrogen) atoms. The number of thiocarbonyl (C=S) groups is 1. The monoisotopic (exact) mass is 440 g/mol. The second-order valence-corrected chi connectivity index (χ2v) is 8.38. The van der Waals surface area contributed by atoms with Gasteiger partial charge in [-0.1, -0.05) is 47.2 Å². The van der Waals surface area contributed by atoms with E-state index in [0.29, 0.717) is 57.1 Å². The van der Waals surface area contributed by atoms with Crippen LogP contribution in [-0.2, 0) is 9.53 Å². The summed E-state index contributed by atoms with van der Waals surface area (Å²) in [7, 11) is 0. The van der Waals surface area contributed by atoms with Crippen LogP contribution in [0, 0.1) is 0 Å². The van der Waals surface area contributed by atoms with Crippen LogP contribution in [-0.4, -0.2) is 46.5 Å². The van der Waals surface area contributed by atoms with E-state index in [2.05, 4.69) is 0 Å². The molecular formula is C18H14Cl2N2O3S2. The Balaban J connectivity index is 1.55. The van der Waals surface area contributed by atoms with Crippen molar-refractivity contribution in [3.05, 3.63) is 51.0 Å². The van der Waals surface area contributed by atoms with Crippen LogP contribution >= 0.6 is 47.2 Å². The Kier molecular flexibility index (Phi) is 5.59. The van der Waals surface area contributed by atoms with Crippen LogP contribution < -0.4 is 0 Å². The molecule has 0 atom stereocenters. The number of rotatable bonds is 3. The predicted molar refractivity (Wildman–Crippen MR) is 112 cm³/mol. The molecule has 0 spiro atoms. The van der Waals surface area contributed by atoms with Gasteiger partial charge in [0.2, 0.25) is 0 Å². The third-order valence-electron chi connectivity index (χ3n) is 4.15. The number of hydrogen-bond donors (Lipinski definition) is 0. The summed E-state index contributed by atoms with van der Waals surface area (Å²) in [5.74, 6) is 1.07. The van der Waals surface area contributed by atoms with E-state index in [0.717, 1.165) is 5.56 Å². The highest BCUT2D eigenvalue weighted by atomic mass is 35.5. The standard InChI is InChI=1S/C18H14Cl2N2O3S2/c19-13-3-1-11(9-14(13)20)15-4-2-12(25-15)10-16-17(23)22(18(26)27-16)21-5-7-24-8-6-21/h1-4,9-10H,5-8H2/b16-10-. The molecule has 9 heteroatoms. The first kappa shape index (κ1) is 19.0. The van der Waals surface area contributed by atoms with E-state index in [1.165, 1.54) is 11.8 Å². The summed E-state index contributed by atoms with van der Waals surface area (Å²) in [5.41, 5.74) is 0.810. The van der Waals surface area contributed by atoms with Crippen molar-refractivity contribution in [2.45, 2.75) is 0 Å². The van der Waals surface area contributed by atoms with Gasteiger partial charge in [-0.15, -0.1) is 0 Å². The van der Waals surface area contributed by atoms with Gasteiger partial charge in [-0.2, -0.15) is 0 Å². The Morgan fingerprint density at radius 3 is 2.63 bits per heavy atom. The highest BCUT2D eigenvalue weighted by Crippen LogP contribution is 2.35. The van der Waals surface area contributed by atoms with Gasteiger partial charge in [0.15, 0.2) is 4.32 Å². The molecule has 2 aromatic rings. The molecule has 0 aliphatic carbocycles. The minimum Gasteiger partial charge on any atom is -0.457 e. The average Bonchev–Trinajstić information content (AvgIpc) is 3.23. The van der Waals surface area contributed by atoms with Crippen molar-refractivity contribution in [1.82, 2.24) is 10.0 Å². The molecule has 2 aliphatic heterocycles. The van der Waals surface area contributed by atoms with Gasteiger partial charge in [-0.3, -0.25) is 4.79 Å². The number of morpholine rings is 1. The third kappa shape index (κ3) is 3.94. The maximum atomic E-state index is 12.8. The van der Waals surface area contributed by atoms with Crippen LogP contribution in [0.1, 0.15) is 5.76 Å². The fourth-order valence-corrected chi connectivity index (χ4v) is 4.41. The first-order valence-electron chi connectivity index (χ1n) is 8.19. The molecule has 2 aliphatic rings. The molecule has 3 heterocycles. The maximum absolute atomic E-state index is 12.8. The fourth-order valence-electron chi connectivity index (χ4n) is 2.82. The van der Waals surface area contributed by atoms with Crippen LogP contribution in [0.3, 0.4) is 0 Å².